The van der Waals surface area contributed by atoms with Gasteiger partial charge in [-0.05, 0) is 49.7 Å². The lowest BCUT2D eigenvalue weighted by atomic mass is 10.1. The fraction of sp³-hybridized carbons (Fsp3) is 0.462. The van der Waals surface area contributed by atoms with Crippen LogP contribution in [-0.2, 0) is 0 Å². The molecule has 17 heavy (non-hydrogen) atoms. The van der Waals surface area contributed by atoms with Gasteiger partial charge in [0.15, 0.2) is 5.11 Å². The maximum atomic E-state index is 5.88. The molecule has 1 unspecified atom stereocenters. The Morgan fingerprint density at radius 1 is 1.41 bits per heavy atom. The summed E-state index contributed by atoms with van der Waals surface area (Å²) >= 11 is 11.3. The summed E-state index contributed by atoms with van der Waals surface area (Å²) in [6.07, 6.45) is 2.48. The highest BCUT2D eigenvalue weighted by Gasteiger charge is 2.24. The van der Waals surface area contributed by atoms with Crippen molar-refractivity contribution in [1.29, 1.82) is 0 Å². The van der Waals surface area contributed by atoms with Crippen molar-refractivity contribution in [2.24, 2.45) is 0 Å². The molecule has 1 aliphatic rings. The van der Waals surface area contributed by atoms with Gasteiger partial charge >= 0.3 is 0 Å². The highest BCUT2D eigenvalue weighted by Crippen LogP contribution is 2.23. The fourth-order valence-electron chi connectivity index (χ4n) is 1.64. The summed E-state index contributed by atoms with van der Waals surface area (Å²) in [5.74, 6) is 0. The first kappa shape index (κ1) is 12.7. The topological polar surface area (TPSA) is 15.3 Å². The monoisotopic (exact) mass is 268 g/mol. The van der Waals surface area contributed by atoms with Crippen molar-refractivity contribution in [2.45, 2.75) is 31.8 Å². The van der Waals surface area contributed by atoms with Gasteiger partial charge in [0.1, 0.15) is 0 Å². The minimum absolute atomic E-state index is 0.256. The zero-order valence-electron chi connectivity index (χ0n) is 10.1. The number of rotatable bonds is 3. The second kappa shape index (κ2) is 5.23. The summed E-state index contributed by atoms with van der Waals surface area (Å²) in [5.41, 5.74) is 1.22. The van der Waals surface area contributed by atoms with Gasteiger partial charge in [0.25, 0.3) is 0 Å². The molecule has 0 heterocycles. The normalized spacial score (nSPS) is 16.4. The lowest BCUT2D eigenvalue weighted by Gasteiger charge is -2.28. The van der Waals surface area contributed by atoms with Crippen LogP contribution in [0.3, 0.4) is 0 Å². The Hall–Kier alpha value is -0.800. The smallest absolute Gasteiger partial charge is 0.169 e. The zero-order chi connectivity index (χ0) is 12.4. The molecule has 1 aliphatic carbocycles. The van der Waals surface area contributed by atoms with E-state index in [0.29, 0.717) is 6.04 Å². The number of halogens is 1. The van der Waals surface area contributed by atoms with Crippen LogP contribution in [0.15, 0.2) is 24.3 Å². The van der Waals surface area contributed by atoms with E-state index in [4.69, 9.17) is 23.8 Å². The molecule has 0 spiro atoms. The minimum Gasteiger partial charge on any atom is -0.360 e. The van der Waals surface area contributed by atoms with Gasteiger partial charge in [0.2, 0.25) is 0 Å². The van der Waals surface area contributed by atoms with Gasteiger partial charge in [-0.15, -0.1) is 0 Å². The quantitative estimate of drug-likeness (QED) is 0.847. The molecule has 2 rings (SSSR count). The van der Waals surface area contributed by atoms with Crippen molar-refractivity contribution >= 4 is 28.9 Å². The van der Waals surface area contributed by atoms with Crippen molar-refractivity contribution < 1.29 is 0 Å². The SMILES string of the molecule is CC(c1ccc(Cl)cc1)N(C)C(=S)NC1CC1. The third-order valence-corrected chi connectivity index (χ3v) is 3.82. The number of thiocarbonyl (C=S) groups is 1. The number of nitrogens with one attached hydrogen (secondary N) is 1. The van der Waals surface area contributed by atoms with E-state index in [0.717, 1.165) is 10.1 Å². The van der Waals surface area contributed by atoms with Crippen LogP contribution in [0.5, 0.6) is 0 Å². The molecular weight excluding hydrogens is 252 g/mol. The van der Waals surface area contributed by atoms with E-state index in [1.807, 2.05) is 31.3 Å². The number of benzene rings is 1. The summed E-state index contributed by atoms with van der Waals surface area (Å²) in [4.78, 5) is 2.09. The second-order valence-electron chi connectivity index (χ2n) is 4.56. The van der Waals surface area contributed by atoms with E-state index >= 15 is 0 Å². The van der Waals surface area contributed by atoms with Crippen LogP contribution in [0.25, 0.3) is 0 Å². The molecule has 0 amide bonds. The first-order valence-corrected chi connectivity index (χ1v) is 6.65. The summed E-state index contributed by atoms with van der Waals surface area (Å²) < 4.78 is 0. The fourth-order valence-corrected chi connectivity index (χ4v) is 2.10. The summed E-state index contributed by atoms with van der Waals surface area (Å²) in [6, 6.07) is 8.78. The van der Waals surface area contributed by atoms with Gasteiger partial charge in [0, 0.05) is 18.1 Å². The van der Waals surface area contributed by atoms with E-state index < -0.39 is 0 Å². The lowest BCUT2D eigenvalue weighted by Crippen LogP contribution is -2.39. The third-order valence-electron chi connectivity index (χ3n) is 3.16. The highest BCUT2D eigenvalue weighted by atomic mass is 35.5. The molecule has 2 nitrogen and oxygen atoms in total. The predicted molar refractivity (Wildman–Crippen MR) is 76.4 cm³/mol. The van der Waals surface area contributed by atoms with E-state index in [-0.39, 0.29) is 6.04 Å². The van der Waals surface area contributed by atoms with Crippen LogP contribution < -0.4 is 5.32 Å². The van der Waals surface area contributed by atoms with Crippen molar-refractivity contribution in [3.8, 4) is 0 Å². The summed E-state index contributed by atoms with van der Waals surface area (Å²) in [6.45, 7) is 2.14. The Bertz CT molecular complexity index is 400. The van der Waals surface area contributed by atoms with Gasteiger partial charge in [0.05, 0.1) is 6.04 Å². The third kappa shape index (κ3) is 3.33. The molecule has 0 aliphatic heterocycles. The predicted octanol–water partition coefficient (Wildman–Crippen LogP) is 3.37. The average Bonchev–Trinajstić information content (AvgIpc) is 3.12. The van der Waals surface area contributed by atoms with Crippen LogP contribution in [0.4, 0.5) is 0 Å². The molecule has 1 atom stereocenters. The molecule has 0 radical (unpaired) electrons. The first-order valence-electron chi connectivity index (χ1n) is 5.86. The van der Waals surface area contributed by atoms with Gasteiger partial charge in [-0.3, -0.25) is 0 Å². The van der Waals surface area contributed by atoms with Crippen LogP contribution in [-0.4, -0.2) is 23.1 Å². The second-order valence-corrected chi connectivity index (χ2v) is 5.39. The molecule has 0 saturated heterocycles. The van der Waals surface area contributed by atoms with Gasteiger partial charge in [-0.25, -0.2) is 0 Å². The molecule has 0 aromatic heterocycles. The van der Waals surface area contributed by atoms with E-state index in [1.54, 1.807) is 0 Å². The molecule has 1 aromatic carbocycles. The van der Waals surface area contributed by atoms with Crippen molar-refractivity contribution in [1.82, 2.24) is 10.2 Å². The number of hydrogen-bond donors (Lipinski definition) is 1. The molecular formula is C13H17ClN2S. The maximum absolute atomic E-state index is 5.88. The van der Waals surface area contributed by atoms with Crippen molar-refractivity contribution in [3.05, 3.63) is 34.9 Å². The molecule has 92 valence electrons. The molecule has 1 N–H and O–H groups in total. The van der Waals surface area contributed by atoms with E-state index in [2.05, 4.69) is 17.1 Å². The van der Waals surface area contributed by atoms with Gasteiger partial charge < -0.3 is 10.2 Å². The van der Waals surface area contributed by atoms with E-state index in [9.17, 15) is 0 Å². The van der Waals surface area contributed by atoms with E-state index in [1.165, 1.54) is 18.4 Å². The summed E-state index contributed by atoms with van der Waals surface area (Å²) in [7, 11) is 2.02. The van der Waals surface area contributed by atoms with Crippen LogP contribution in [0.1, 0.15) is 31.4 Å². The van der Waals surface area contributed by atoms with Crippen LogP contribution in [0.2, 0.25) is 5.02 Å². The Labute approximate surface area is 113 Å². The van der Waals surface area contributed by atoms with Crippen LogP contribution in [0, 0.1) is 0 Å². The Balaban J connectivity index is 1.99. The van der Waals surface area contributed by atoms with Crippen LogP contribution >= 0.6 is 23.8 Å². The molecule has 1 fully saturated rings. The Morgan fingerprint density at radius 3 is 2.53 bits per heavy atom. The van der Waals surface area contributed by atoms with Gasteiger partial charge in [-0.1, -0.05) is 23.7 Å². The molecule has 1 aromatic rings. The standard InChI is InChI=1S/C13H17ClN2S/c1-9(10-3-5-11(14)6-4-10)16(2)13(17)15-12-7-8-12/h3-6,9,12H,7-8H2,1-2H3,(H,15,17). The number of hydrogen-bond acceptors (Lipinski definition) is 1. The first-order chi connectivity index (χ1) is 8.08. The molecule has 1 saturated carbocycles. The number of nitrogens with zero attached hydrogens (tertiary/aromatic N) is 1. The highest BCUT2D eigenvalue weighted by molar-refractivity contribution is 7.80. The van der Waals surface area contributed by atoms with Gasteiger partial charge in [-0.2, -0.15) is 0 Å². The molecule has 4 heteroatoms. The van der Waals surface area contributed by atoms with Crippen molar-refractivity contribution in [2.75, 3.05) is 7.05 Å². The zero-order valence-corrected chi connectivity index (χ0v) is 11.7. The lowest BCUT2D eigenvalue weighted by molar-refractivity contribution is 0.395. The average molecular weight is 269 g/mol. The van der Waals surface area contributed by atoms with Crippen molar-refractivity contribution in [3.63, 3.8) is 0 Å². The largest absolute Gasteiger partial charge is 0.360 e. The summed E-state index contributed by atoms with van der Waals surface area (Å²) in [5, 5.41) is 4.94. The maximum Gasteiger partial charge on any atom is 0.169 e. The Morgan fingerprint density at radius 2 is 2.00 bits per heavy atom. The molecule has 0 bridgehead atoms. The minimum atomic E-state index is 0.256. The Kier molecular flexibility index (Phi) is 3.89.